The second kappa shape index (κ2) is 10.1. The molecule has 2 unspecified atom stereocenters. The minimum absolute atomic E-state index is 0.432. The van der Waals surface area contributed by atoms with Crippen LogP contribution in [0.1, 0.15) is 12.0 Å². The molecule has 150 valence electrons. The number of aliphatic imine (C=N–C) groups is 1. The van der Waals surface area contributed by atoms with Crippen molar-refractivity contribution in [1.29, 1.82) is 0 Å². The van der Waals surface area contributed by atoms with E-state index in [1.54, 1.807) is 0 Å². The fraction of sp³-hybridized carbons (Fsp3) is 0.667. The average molecular weight is 374 g/mol. The molecule has 0 bridgehead atoms. The number of likely N-dealkylation sites (tertiary alicyclic amines) is 1. The summed E-state index contributed by atoms with van der Waals surface area (Å²) in [6.45, 7) is 6.89. The van der Waals surface area contributed by atoms with Gasteiger partial charge in [0.2, 0.25) is 0 Å². The number of morpholine rings is 1. The maximum absolute atomic E-state index is 5.49. The van der Waals surface area contributed by atoms with Crippen LogP contribution < -0.4 is 5.32 Å². The lowest BCUT2D eigenvalue weighted by Gasteiger charge is -2.32. The van der Waals surface area contributed by atoms with E-state index in [2.05, 4.69) is 69.4 Å². The molecule has 27 heavy (non-hydrogen) atoms. The zero-order valence-corrected chi connectivity index (χ0v) is 17.1. The molecule has 2 fully saturated rings. The normalized spacial score (nSPS) is 23.0. The highest BCUT2D eigenvalue weighted by atomic mass is 16.5. The molecule has 0 spiro atoms. The van der Waals surface area contributed by atoms with Crippen LogP contribution in [0.3, 0.4) is 0 Å². The number of nitrogens with one attached hydrogen (secondary N) is 1. The van der Waals surface area contributed by atoms with Crippen LogP contribution in [0, 0.1) is 0 Å². The van der Waals surface area contributed by atoms with Crippen molar-refractivity contribution >= 4 is 5.96 Å². The van der Waals surface area contributed by atoms with Crippen molar-refractivity contribution in [2.45, 2.75) is 24.9 Å². The molecule has 2 saturated heterocycles. The highest BCUT2D eigenvalue weighted by Gasteiger charge is 2.30. The summed E-state index contributed by atoms with van der Waals surface area (Å²) in [5.74, 6) is 1.03. The Labute approximate surface area is 164 Å². The number of hydrogen-bond acceptors (Lipinski definition) is 4. The highest BCUT2D eigenvalue weighted by molar-refractivity contribution is 5.80. The van der Waals surface area contributed by atoms with Gasteiger partial charge in [-0.2, -0.15) is 0 Å². The van der Waals surface area contributed by atoms with E-state index in [1.165, 1.54) is 12.0 Å². The van der Waals surface area contributed by atoms with Crippen molar-refractivity contribution in [2.75, 3.05) is 67.1 Å². The fourth-order valence-corrected chi connectivity index (χ4v) is 4.04. The third-order valence-corrected chi connectivity index (χ3v) is 5.78. The van der Waals surface area contributed by atoms with Gasteiger partial charge in [-0.25, -0.2) is 0 Å². The van der Waals surface area contributed by atoms with Gasteiger partial charge in [-0.1, -0.05) is 30.3 Å². The Hall–Kier alpha value is -1.63. The molecule has 1 aromatic carbocycles. The SMILES string of the molecule is CN=C(NCC(Cc1ccccc1)N(C)C)N1CCC(N2CCOCC2)C1. The summed E-state index contributed by atoms with van der Waals surface area (Å²) in [4.78, 5) is 11.8. The Kier molecular flexibility index (Phi) is 7.50. The Morgan fingerprint density at radius 1 is 1.22 bits per heavy atom. The lowest BCUT2D eigenvalue weighted by molar-refractivity contribution is 0.0195. The predicted molar refractivity (Wildman–Crippen MR) is 111 cm³/mol. The molecule has 1 N–H and O–H groups in total. The van der Waals surface area contributed by atoms with E-state index >= 15 is 0 Å². The molecule has 0 radical (unpaired) electrons. The summed E-state index contributed by atoms with van der Waals surface area (Å²) < 4.78 is 5.49. The van der Waals surface area contributed by atoms with Crippen molar-refractivity contribution in [1.82, 2.24) is 20.0 Å². The molecule has 0 saturated carbocycles. The number of likely N-dealkylation sites (N-methyl/N-ethyl adjacent to an activating group) is 1. The second-order valence-electron chi connectivity index (χ2n) is 7.77. The second-order valence-corrected chi connectivity index (χ2v) is 7.77. The van der Waals surface area contributed by atoms with Gasteiger partial charge in [-0.3, -0.25) is 9.89 Å². The summed E-state index contributed by atoms with van der Waals surface area (Å²) in [5, 5.41) is 3.63. The minimum Gasteiger partial charge on any atom is -0.379 e. The molecule has 0 aliphatic carbocycles. The lowest BCUT2D eigenvalue weighted by atomic mass is 10.1. The summed E-state index contributed by atoms with van der Waals surface area (Å²) in [6, 6.07) is 11.8. The molecule has 2 aliphatic rings. The number of nitrogens with zero attached hydrogens (tertiary/aromatic N) is 4. The number of rotatable bonds is 6. The van der Waals surface area contributed by atoms with Gasteiger partial charge in [0, 0.05) is 51.9 Å². The van der Waals surface area contributed by atoms with E-state index in [1.807, 2.05) is 7.05 Å². The van der Waals surface area contributed by atoms with Crippen molar-refractivity contribution in [3.8, 4) is 0 Å². The first-order valence-electron chi connectivity index (χ1n) is 10.1. The van der Waals surface area contributed by atoms with Gasteiger partial charge < -0.3 is 19.9 Å². The molecule has 0 aromatic heterocycles. The Balaban J connectivity index is 1.51. The van der Waals surface area contributed by atoms with E-state index < -0.39 is 0 Å². The highest BCUT2D eigenvalue weighted by Crippen LogP contribution is 2.17. The van der Waals surface area contributed by atoms with Crippen LogP contribution >= 0.6 is 0 Å². The number of guanidine groups is 1. The molecule has 0 amide bonds. The van der Waals surface area contributed by atoms with E-state index in [9.17, 15) is 0 Å². The minimum atomic E-state index is 0.432. The molecular weight excluding hydrogens is 338 g/mol. The smallest absolute Gasteiger partial charge is 0.193 e. The van der Waals surface area contributed by atoms with Crippen LogP contribution in [0.4, 0.5) is 0 Å². The topological polar surface area (TPSA) is 43.3 Å². The fourth-order valence-electron chi connectivity index (χ4n) is 4.04. The zero-order valence-electron chi connectivity index (χ0n) is 17.1. The standard InChI is InChI=1S/C21H35N5O/c1-22-21(26-10-9-19(17-26)25-11-13-27-14-12-25)23-16-20(24(2)3)15-18-7-5-4-6-8-18/h4-8,19-20H,9-17H2,1-3H3,(H,22,23). The molecule has 2 heterocycles. The Morgan fingerprint density at radius 3 is 2.63 bits per heavy atom. The maximum Gasteiger partial charge on any atom is 0.193 e. The van der Waals surface area contributed by atoms with Gasteiger partial charge in [-0.15, -0.1) is 0 Å². The molecule has 2 atom stereocenters. The number of benzene rings is 1. The first-order chi connectivity index (χ1) is 13.2. The van der Waals surface area contributed by atoms with Crippen molar-refractivity contribution in [2.24, 2.45) is 4.99 Å². The van der Waals surface area contributed by atoms with Gasteiger partial charge >= 0.3 is 0 Å². The molecule has 6 heteroatoms. The average Bonchev–Trinajstić information content (AvgIpc) is 3.19. The van der Waals surface area contributed by atoms with Crippen LogP contribution in [-0.2, 0) is 11.2 Å². The summed E-state index contributed by atoms with van der Waals surface area (Å²) in [5.41, 5.74) is 1.38. The van der Waals surface area contributed by atoms with Gasteiger partial charge in [-0.05, 0) is 32.5 Å². The van der Waals surface area contributed by atoms with Crippen LogP contribution in [0.5, 0.6) is 0 Å². The van der Waals surface area contributed by atoms with E-state index in [0.717, 1.165) is 58.3 Å². The third-order valence-electron chi connectivity index (χ3n) is 5.78. The van der Waals surface area contributed by atoms with E-state index in [-0.39, 0.29) is 0 Å². The Bertz CT molecular complexity index is 585. The van der Waals surface area contributed by atoms with Gasteiger partial charge in [0.1, 0.15) is 0 Å². The molecule has 1 aromatic rings. The largest absolute Gasteiger partial charge is 0.379 e. The van der Waals surface area contributed by atoms with Crippen molar-refractivity contribution < 1.29 is 4.74 Å². The summed E-state index contributed by atoms with van der Waals surface area (Å²) in [6.07, 6.45) is 2.25. The van der Waals surface area contributed by atoms with Gasteiger partial charge in [0.05, 0.1) is 13.2 Å². The lowest BCUT2D eigenvalue weighted by Crippen LogP contribution is -2.49. The molecule has 2 aliphatic heterocycles. The maximum atomic E-state index is 5.49. The Morgan fingerprint density at radius 2 is 1.96 bits per heavy atom. The first kappa shape index (κ1) is 20.1. The predicted octanol–water partition coefficient (Wildman–Crippen LogP) is 1.14. The van der Waals surface area contributed by atoms with E-state index in [0.29, 0.717) is 12.1 Å². The van der Waals surface area contributed by atoms with E-state index in [4.69, 9.17) is 4.74 Å². The zero-order chi connectivity index (χ0) is 19.1. The van der Waals surface area contributed by atoms with Crippen molar-refractivity contribution in [3.05, 3.63) is 35.9 Å². The summed E-state index contributed by atoms with van der Waals surface area (Å²) in [7, 11) is 6.21. The van der Waals surface area contributed by atoms with Crippen LogP contribution in [0.25, 0.3) is 0 Å². The molecular formula is C21H35N5O. The quantitative estimate of drug-likeness (QED) is 0.598. The number of hydrogen-bond donors (Lipinski definition) is 1. The van der Waals surface area contributed by atoms with Gasteiger partial charge in [0.15, 0.2) is 5.96 Å². The van der Waals surface area contributed by atoms with Crippen LogP contribution in [-0.4, -0.2) is 99.8 Å². The third kappa shape index (κ3) is 5.67. The van der Waals surface area contributed by atoms with Gasteiger partial charge in [0.25, 0.3) is 0 Å². The van der Waals surface area contributed by atoms with Crippen LogP contribution in [0.15, 0.2) is 35.3 Å². The number of ether oxygens (including phenoxy) is 1. The molecule has 6 nitrogen and oxygen atoms in total. The summed E-state index contributed by atoms with van der Waals surface area (Å²) >= 11 is 0. The van der Waals surface area contributed by atoms with Crippen molar-refractivity contribution in [3.63, 3.8) is 0 Å². The van der Waals surface area contributed by atoms with Crippen LogP contribution in [0.2, 0.25) is 0 Å². The first-order valence-corrected chi connectivity index (χ1v) is 10.1. The molecule has 3 rings (SSSR count). The monoisotopic (exact) mass is 373 g/mol.